The number of esters is 1. The zero-order chi connectivity index (χ0) is 23.8. The molecule has 0 fully saturated rings. The lowest BCUT2D eigenvalue weighted by Gasteiger charge is -2.17. The topological polar surface area (TPSA) is 89.5 Å². The normalized spacial score (nSPS) is 11.3. The van der Waals surface area contributed by atoms with Crippen molar-refractivity contribution < 1.29 is 19.1 Å². The van der Waals surface area contributed by atoms with Crippen molar-refractivity contribution in [2.45, 2.75) is 12.6 Å². The molecule has 172 valence electrons. The summed E-state index contributed by atoms with van der Waals surface area (Å²) in [6.45, 7) is 0.583. The average Bonchev–Trinajstić information content (AvgIpc) is 3.37. The molecule has 0 radical (unpaired) electrons. The largest absolute Gasteiger partial charge is 0.497 e. The fraction of sp³-hybridized carbons (Fsp3) is 0.115. The Labute approximate surface area is 201 Å². The first kappa shape index (κ1) is 23.0. The Morgan fingerprint density at radius 3 is 2.29 bits per heavy atom. The van der Waals surface area contributed by atoms with E-state index in [2.05, 4.69) is 15.6 Å². The highest BCUT2D eigenvalue weighted by Gasteiger charge is 2.27. The number of anilines is 2. The van der Waals surface area contributed by atoms with Crippen LogP contribution in [0.25, 0.3) is 0 Å². The SMILES string of the molecule is COc1ccc(NC(=O)C(OC(=O)c2csc(NCc3ccccc3)n2)c2ccccc2)cc1. The molecule has 0 bridgehead atoms. The van der Waals surface area contributed by atoms with E-state index in [-0.39, 0.29) is 5.69 Å². The summed E-state index contributed by atoms with van der Waals surface area (Å²) in [5.41, 5.74) is 2.35. The molecule has 1 heterocycles. The maximum absolute atomic E-state index is 13.0. The molecule has 7 nitrogen and oxygen atoms in total. The van der Waals surface area contributed by atoms with Crippen LogP contribution in [-0.2, 0) is 16.1 Å². The second kappa shape index (κ2) is 11.1. The van der Waals surface area contributed by atoms with Crippen molar-refractivity contribution in [3.05, 3.63) is 107 Å². The van der Waals surface area contributed by atoms with Crippen molar-refractivity contribution in [1.82, 2.24) is 4.98 Å². The summed E-state index contributed by atoms with van der Waals surface area (Å²) in [6.07, 6.45) is -1.14. The summed E-state index contributed by atoms with van der Waals surface area (Å²) in [5.74, 6) is -0.477. The van der Waals surface area contributed by atoms with E-state index >= 15 is 0 Å². The smallest absolute Gasteiger partial charge is 0.359 e. The fourth-order valence-electron chi connectivity index (χ4n) is 3.17. The number of hydrogen-bond donors (Lipinski definition) is 2. The molecule has 4 aromatic rings. The van der Waals surface area contributed by atoms with E-state index < -0.39 is 18.0 Å². The lowest BCUT2D eigenvalue weighted by atomic mass is 10.1. The van der Waals surface area contributed by atoms with Gasteiger partial charge in [-0.05, 0) is 29.8 Å². The third-order valence-electron chi connectivity index (χ3n) is 4.92. The number of methoxy groups -OCH3 is 1. The third kappa shape index (κ3) is 5.99. The molecule has 0 aliphatic heterocycles. The Hall–Kier alpha value is -4.17. The molecule has 0 saturated carbocycles. The summed E-state index contributed by atoms with van der Waals surface area (Å²) < 4.78 is 10.8. The molecule has 2 N–H and O–H groups in total. The molecule has 3 aromatic carbocycles. The molecular formula is C26H23N3O4S. The van der Waals surface area contributed by atoms with Crippen molar-refractivity contribution in [1.29, 1.82) is 0 Å². The van der Waals surface area contributed by atoms with Gasteiger partial charge in [-0.15, -0.1) is 11.3 Å². The van der Waals surface area contributed by atoms with Gasteiger partial charge in [0.25, 0.3) is 5.91 Å². The third-order valence-corrected chi connectivity index (χ3v) is 5.72. The van der Waals surface area contributed by atoms with Gasteiger partial charge in [-0.2, -0.15) is 0 Å². The van der Waals surface area contributed by atoms with E-state index in [9.17, 15) is 9.59 Å². The van der Waals surface area contributed by atoms with Crippen LogP contribution in [-0.4, -0.2) is 24.0 Å². The molecule has 0 aliphatic rings. The van der Waals surface area contributed by atoms with Crippen molar-refractivity contribution in [3.63, 3.8) is 0 Å². The maximum atomic E-state index is 13.0. The number of carbonyl (C=O) groups is 2. The first-order chi connectivity index (χ1) is 16.6. The number of hydrogen-bond acceptors (Lipinski definition) is 7. The average molecular weight is 474 g/mol. The number of benzene rings is 3. The van der Waals surface area contributed by atoms with Gasteiger partial charge in [0, 0.05) is 23.2 Å². The van der Waals surface area contributed by atoms with Crippen LogP contribution in [0.4, 0.5) is 10.8 Å². The minimum Gasteiger partial charge on any atom is -0.497 e. The van der Waals surface area contributed by atoms with Gasteiger partial charge in [-0.25, -0.2) is 9.78 Å². The van der Waals surface area contributed by atoms with E-state index in [0.29, 0.717) is 28.7 Å². The summed E-state index contributed by atoms with van der Waals surface area (Å²) >= 11 is 1.30. The minimum absolute atomic E-state index is 0.138. The minimum atomic E-state index is -1.14. The van der Waals surface area contributed by atoms with Gasteiger partial charge < -0.3 is 20.1 Å². The van der Waals surface area contributed by atoms with E-state index in [1.807, 2.05) is 36.4 Å². The Balaban J connectivity index is 1.45. The molecule has 1 unspecified atom stereocenters. The molecule has 1 amide bonds. The van der Waals surface area contributed by atoms with Crippen LogP contribution < -0.4 is 15.4 Å². The predicted octanol–water partition coefficient (Wildman–Crippen LogP) is 5.30. The van der Waals surface area contributed by atoms with E-state index in [1.165, 1.54) is 11.3 Å². The second-order valence-corrected chi connectivity index (χ2v) is 8.15. The number of nitrogens with zero attached hydrogens (tertiary/aromatic N) is 1. The maximum Gasteiger partial charge on any atom is 0.359 e. The Morgan fingerprint density at radius 1 is 0.941 bits per heavy atom. The quantitative estimate of drug-likeness (QED) is 0.321. The van der Waals surface area contributed by atoms with Crippen LogP contribution in [0.2, 0.25) is 0 Å². The van der Waals surface area contributed by atoms with Crippen LogP contribution in [0.3, 0.4) is 0 Å². The molecule has 34 heavy (non-hydrogen) atoms. The first-order valence-electron chi connectivity index (χ1n) is 10.6. The van der Waals surface area contributed by atoms with Gasteiger partial charge in [0.2, 0.25) is 6.10 Å². The van der Waals surface area contributed by atoms with Crippen LogP contribution in [0.1, 0.15) is 27.7 Å². The second-order valence-electron chi connectivity index (χ2n) is 7.29. The number of thiazole rings is 1. The summed E-state index contributed by atoms with van der Waals surface area (Å²) in [4.78, 5) is 30.2. The number of carbonyl (C=O) groups excluding carboxylic acids is 2. The lowest BCUT2D eigenvalue weighted by Crippen LogP contribution is -2.26. The van der Waals surface area contributed by atoms with Crippen LogP contribution in [0, 0.1) is 0 Å². The van der Waals surface area contributed by atoms with E-state index in [4.69, 9.17) is 9.47 Å². The number of ether oxygens (including phenoxy) is 2. The monoisotopic (exact) mass is 473 g/mol. The zero-order valence-corrected chi connectivity index (χ0v) is 19.2. The van der Waals surface area contributed by atoms with Gasteiger partial charge in [-0.1, -0.05) is 60.7 Å². The van der Waals surface area contributed by atoms with Gasteiger partial charge in [0.1, 0.15) is 5.75 Å². The van der Waals surface area contributed by atoms with Crippen molar-refractivity contribution in [3.8, 4) is 5.75 Å². The Morgan fingerprint density at radius 2 is 1.62 bits per heavy atom. The molecule has 8 heteroatoms. The highest BCUT2D eigenvalue weighted by Crippen LogP contribution is 2.24. The Kier molecular flexibility index (Phi) is 7.52. The van der Waals surface area contributed by atoms with Gasteiger partial charge in [0.15, 0.2) is 10.8 Å². The molecular weight excluding hydrogens is 450 g/mol. The fourth-order valence-corrected chi connectivity index (χ4v) is 3.85. The van der Waals surface area contributed by atoms with Gasteiger partial charge in [0.05, 0.1) is 7.11 Å². The van der Waals surface area contributed by atoms with Crippen LogP contribution >= 0.6 is 11.3 Å². The van der Waals surface area contributed by atoms with Crippen molar-refractivity contribution in [2.24, 2.45) is 0 Å². The number of rotatable bonds is 9. The van der Waals surface area contributed by atoms with Gasteiger partial charge in [-0.3, -0.25) is 4.79 Å². The van der Waals surface area contributed by atoms with Crippen LogP contribution in [0.15, 0.2) is 90.3 Å². The lowest BCUT2D eigenvalue weighted by molar-refractivity contribution is -0.125. The van der Waals surface area contributed by atoms with Crippen molar-refractivity contribution >= 4 is 34.0 Å². The number of nitrogens with one attached hydrogen (secondary N) is 2. The zero-order valence-electron chi connectivity index (χ0n) is 18.4. The standard InChI is InChI=1S/C26H23N3O4S/c1-32-21-14-12-20(13-15-21)28-24(30)23(19-10-6-3-7-11-19)33-25(31)22-17-34-26(29-22)27-16-18-8-4-2-5-9-18/h2-15,17,23H,16H2,1H3,(H,27,29)(H,28,30). The predicted molar refractivity (Wildman–Crippen MR) is 132 cm³/mol. The summed E-state index contributed by atoms with van der Waals surface area (Å²) in [7, 11) is 1.57. The number of aromatic nitrogens is 1. The Bertz CT molecular complexity index is 1230. The summed E-state index contributed by atoms with van der Waals surface area (Å²) in [5, 5.41) is 8.19. The molecule has 0 saturated heterocycles. The van der Waals surface area contributed by atoms with Crippen LogP contribution in [0.5, 0.6) is 5.75 Å². The molecule has 1 aromatic heterocycles. The molecule has 4 rings (SSSR count). The highest BCUT2D eigenvalue weighted by atomic mass is 32.1. The van der Waals surface area contributed by atoms with Crippen molar-refractivity contribution in [2.75, 3.05) is 17.7 Å². The van der Waals surface area contributed by atoms with Gasteiger partial charge >= 0.3 is 5.97 Å². The summed E-state index contributed by atoms with van der Waals surface area (Å²) in [6, 6.07) is 25.6. The molecule has 1 atom stereocenters. The first-order valence-corrected chi connectivity index (χ1v) is 11.4. The molecule has 0 aliphatic carbocycles. The highest BCUT2D eigenvalue weighted by molar-refractivity contribution is 7.13. The molecule has 0 spiro atoms. The number of amides is 1. The van der Waals surface area contributed by atoms with E-state index in [0.717, 1.165) is 5.56 Å². The van der Waals surface area contributed by atoms with E-state index in [1.54, 1.807) is 61.0 Å².